The first-order valence-electron chi connectivity index (χ1n) is 10.9. The van der Waals surface area contributed by atoms with Crippen molar-refractivity contribution < 1.29 is 9.47 Å². The summed E-state index contributed by atoms with van der Waals surface area (Å²) in [6.45, 7) is 8.75. The lowest BCUT2D eigenvalue weighted by Gasteiger charge is -2.23. The van der Waals surface area contributed by atoms with Gasteiger partial charge in [-0.05, 0) is 84.2 Å². The molecule has 0 spiro atoms. The highest BCUT2D eigenvalue weighted by molar-refractivity contribution is 5.47. The molecular weight excluding hydrogens is 368 g/mol. The molecule has 3 aromatic carbocycles. The Morgan fingerprint density at radius 2 is 1.17 bits per heavy atom. The van der Waals surface area contributed by atoms with Gasteiger partial charge in [0, 0.05) is 5.92 Å². The zero-order valence-corrected chi connectivity index (χ0v) is 19.2. The number of rotatable bonds is 8. The van der Waals surface area contributed by atoms with Crippen LogP contribution in [0.25, 0.3) is 0 Å². The Morgan fingerprint density at radius 3 is 1.53 bits per heavy atom. The van der Waals surface area contributed by atoms with Gasteiger partial charge >= 0.3 is 0 Å². The lowest BCUT2D eigenvalue weighted by molar-refractivity contribution is 0.411. The summed E-state index contributed by atoms with van der Waals surface area (Å²) in [5, 5.41) is 0. The molecule has 0 aliphatic rings. The average Bonchev–Trinajstić information content (AvgIpc) is 2.77. The number of ether oxygens (including phenoxy) is 2. The Kier molecular flexibility index (Phi) is 7.20. The second-order valence-corrected chi connectivity index (χ2v) is 7.98. The van der Waals surface area contributed by atoms with Crippen molar-refractivity contribution in [2.45, 2.75) is 52.9 Å². The highest BCUT2D eigenvalue weighted by Gasteiger charge is 2.20. The molecule has 0 fully saturated rings. The van der Waals surface area contributed by atoms with E-state index in [1.54, 1.807) is 14.2 Å². The maximum Gasteiger partial charge on any atom is 0.121 e. The molecule has 0 aliphatic carbocycles. The quantitative estimate of drug-likeness (QED) is 0.411. The Bertz CT molecular complexity index is 928. The molecule has 30 heavy (non-hydrogen) atoms. The average molecular weight is 403 g/mol. The molecule has 0 heterocycles. The van der Waals surface area contributed by atoms with Gasteiger partial charge < -0.3 is 9.47 Å². The van der Waals surface area contributed by atoms with E-state index in [2.05, 4.69) is 82.3 Å². The number of aryl methyl sites for hydroxylation is 4. The van der Waals surface area contributed by atoms with Crippen molar-refractivity contribution in [2.75, 3.05) is 14.2 Å². The Balaban J connectivity index is 2.14. The van der Waals surface area contributed by atoms with Crippen LogP contribution in [-0.2, 0) is 19.3 Å². The molecule has 3 aromatic rings. The first kappa shape index (κ1) is 22.0. The SMILES string of the molecule is CCc1cccc(CC)c1CC(c1ccc(OC)c(C)c1)c1ccc(OC)c(C)c1. The highest BCUT2D eigenvalue weighted by Crippen LogP contribution is 2.35. The van der Waals surface area contributed by atoms with Crippen LogP contribution in [0.5, 0.6) is 11.5 Å². The number of hydrogen-bond donors (Lipinski definition) is 0. The molecule has 0 bridgehead atoms. The molecule has 158 valence electrons. The minimum Gasteiger partial charge on any atom is -0.496 e. The van der Waals surface area contributed by atoms with Crippen LogP contribution in [0, 0.1) is 13.8 Å². The van der Waals surface area contributed by atoms with Crippen LogP contribution < -0.4 is 9.47 Å². The van der Waals surface area contributed by atoms with E-state index in [9.17, 15) is 0 Å². The predicted molar refractivity (Wildman–Crippen MR) is 126 cm³/mol. The number of benzene rings is 3. The van der Waals surface area contributed by atoms with Crippen LogP contribution in [0.3, 0.4) is 0 Å². The maximum atomic E-state index is 5.51. The van der Waals surface area contributed by atoms with Gasteiger partial charge in [0.05, 0.1) is 14.2 Å². The van der Waals surface area contributed by atoms with Crippen LogP contribution in [-0.4, -0.2) is 14.2 Å². The molecule has 2 heteroatoms. The Morgan fingerprint density at radius 1 is 0.700 bits per heavy atom. The summed E-state index contributed by atoms with van der Waals surface area (Å²) in [6.07, 6.45) is 3.10. The summed E-state index contributed by atoms with van der Waals surface area (Å²) in [4.78, 5) is 0. The molecule has 0 amide bonds. The molecule has 0 saturated heterocycles. The van der Waals surface area contributed by atoms with Crippen molar-refractivity contribution in [3.63, 3.8) is 0 Å². The molecule has 0 N–H and O–H groups in total. The van der Waals surface area contributed by atoms with E-state index in [4.69, 9.17) is 9.47 Å². The second-order valence-electron chi connectivity index (χ2n) is 7.98. The molecule has 0 saturated carbocycles. The van der Waals surface area contributed by atoms with E-state index in [0.717, 1.165) is 30.8 Å². The zero-order chi connectivity index (χ0) is 21.7. The molecule has 0 radical (unpaired) electrons. The normalized spacial score (nSPS) is 11.0. The van der Waals surface area contributed by atoms with E-state index in [1.165, 1.54) is 38.9 Å². The second kappa shape index (κ2) is 9.84. The van der Waals surface area contributed by atoms with Crippen LogP contribution in [0.1, 0.15) is 58.7 Å². The van der Waals surface area contributed by atoms with Gasteiger partial charge in [-0.3, -0.25) is 0 Å². The fraction of sp³-hybridized carbons (Fsp3) is 0.357. The van der Waals surface area contributed by atoms with Crippen molar-refractivity contribution in [1.29, 1.82) is 0 Å². The van der Waals surface area contributed by atoms with Gasteiger partial charge in [-0.2, -0.15) is 0 Å². The Labute approximate surface area is 181 Å². The molecule has 0 aromatic heterocycles. The summed E-state index contributed by atoms with van der Waals surface area (Å²) >= 11 is 0. The topological polar surface area (TPSA) is 18.5 Å². The standard InChI is InChI=1S/C28H34O2/c1-7-21-10-9-11-22(8-2)25(21)18-26(23-12-14-27(29-5)19(3)16-23)24-13-15-28(30-6)20(4)17-24/h9-17,26H,7-8,18H2,1-6H3. The van der Waals surface area contributed by atoms with E-state index in [0.29, 0.717) is 0 Å². The smallest absolute Gasteiger partial charge is 0.121 e. The van der Waals surface area contributed by atoms with Crippen molar-refractivity contribution in [3.05, 3.63) is 93.5 Å². The third-order valence-corrected chi connectivity index (χ3v) is 6.18. The van der Waals surface area contributed by atoms with Gasteiger partial charge in [0.1, 0.15) is 11.5 Å². The molecular formula is C28H34O2. The lowest BCUT2D eigenvalue weighted by atomic mass is 9.81. The first-order valence-corrected chi connectivity index (χ1v) is 10.9. The predicted octanol–water partition coefficient (Wildman–Crippen LogP) is 6.82. The van der Waals surface area contributed by atoms with E-state index in [-0.39, 0.29) is 5.92 Å². The van der Waals surface area contributed by atoms with E-state index >= 15 is 0 Å². The minimum absolute atomic E-state index is 0.275. The number of hydrogen-bond acceptors (Lipinski definition) is 2. The van der Waals surface area contributed by atoms with Gasteiger partial charge in [-0.1, -0.05) is 56.3 Å². The van der Waals surface area contributed by atoms with Gasteiger partial charge in [-0.15, -0.1) is 0 Å². The molecule has 0 aliphatic heterocycles. The molecule has 2 nitrogen and oxygen atoms in total. The third-order valence-electron chi connectivity index (χ3n) is 6.18. The van der Waals surface area contributed by atoms with Crippen LogP contribution >= 0.6 is 0 Å². The maximum absolute atomic E-state index is 5.51. The lowest BCUT2D eigenvalue weighted by Crippen LogP contribution is -2.10. The number of methoxy groups -OCH3 is 2. The first-order chi connectivity index (χ1) is 14.5. The van der Waals surface area contributed by atoms with Gasteiger partial charge in [0.25, 0.3) is 0 Å². The molecule has 0 atom stereocenters. The molecule has 3 rings (SSSR count). The van der Waals surface area contributed by atoms with Crippen molar-refractivity contribution in [1.82, 2.24) is 0 Å². The van der Waals surface area contributed by atoms with E-state index in [1.807, 2.05) is 0 Å². The van der Waals surface area contributed by atoms with Gasteiger partial charge in [-0.25, -0.2) is 0 Å². The summed E-state index contributed by atoms with van der Waals surface area (Å²) in [5.41, 5.74) is 9.39. The van der Waals surface area contributed by atoms with Crippen LogP contribution in [0.15, 0.2) is 54.6 Å². The fourth-order valence-corrected chi connectivity index (χ4v) is 4.48. The monoisotopic (exact) mass is 402 g/mol. The van der Waals surface area contributed by atoms with Crippen LogP contribution in [0.4, 0.5) is 0 Å². The van der Waals surface area contributed by atoms with Crippen LogP contribution in [0.2, 0.25) is 0 Å². The summed E-state index contributed by atoms with van der Waals surface area (Å²) in [5.74, 6) is 2.15. The fourth-order valence-electron chi connectivity index (χ4n) is 4.48. The summed E-state index contributed by atoms with van der Waals surface area (Å²) in [7, 11) is 3.47. The van der Waals surface area contributed by atoms with Gasteiger partial charge in [0.15, 0.2) is 0 Å². The minimum atomic E-state index is 0.275. The summed E-state index contributed by atoms with van der Waals surface area (Å²) < 4.78 is 11.0. The largest absolute Gasteiger partial charge is 0.496 e. The Hall–Kier alpha value is -2.74. The van der Waals surface area contributed by atoms with Crippen molar-refractivity contribution in [2.24, 2.45) is 0 Å². The molecule has 0 unspecified atom stereocenters. The zero-order valence-electron chi connectivity index (χ0n) is 19.2. The van der Waals surface area contributed by atoms with Crippen molar-refractivity contribution in [3.8, 4) is 11.5 Å². The van der Waals surface area contributed by atoms with E-state index < -0.39 is 0 Å². The van der Waals surface area contributed by atoms with Gasteiger partial charge in [0.2, 0.25) is 0 Å². The summed E-state index contributed by atoms with van der Waals surface area (Å²) in [6, 6.07) is 20.0. The third kappa shape index (κ3) is 4.53. The highest BCUT2D eigenvalue weighted by atomic mass is 16.5. The van der Waals surface area contributed by atoms with Crippen molar-refractivity contribution >= 4 is 0 Å².